The Morgan fingerprint density at radius 1 is 1.33 bits per heavy atom. The lowest BCUT2D eigenvalue weighted by Crippen LogP contribution is -2.31. The highest BCUT2D eigenvalue weighted by Crippen LogP contribution is 2.30. The number of nitrogens with zero attached hydrogens (tertiary/aromatic N) is 1. The molecule has 1 heterocycles. The molecular formula is C13H20N2. The van der Waals surface area contributed by atoms with E-state index < -0.39 is 0 Å². The summed E-state index contributed by atoms with van der Waals surface area (Å²) < 4.78 is 0. The first kappa shape index (κ1) is 10.3. The fraction of sp³-hybridized carbons (Fsp3) is 0.538. The Balaban J connectivity index is 2.42. The van der Waals surface area contributed by atoms with Crippen molar-refractivity contribution in [3.63, 3.8) is 0 Å². The average Bonchev–Trinajstić information content (AvgIpc) is 2.39. The minimum absolute atomic E-state index is 0.574. The SMILES string of the molecule is Cc1ccc2c(c1)N(C(C)C)CCCN2. The standard InChI is InChI=1S/C13H20N2/c1-10(2)15-8-4-7-14-12-6-5-11(3)9-13(12)15/h5-6,9-10,14H,4,7-8H2,1-3H3. The van der Waals surface area contributed by atoms with Crippen molar-refractivity contribution in [2.75, 3.05) is 23.3 Å². The highest BCUT2D eigenvalue weighted by atomic mass is 15.2. The molecule has 0 radical (unpaired) electrons. The minimum atomic E-state index is 0.574. The van der Waals surface area contributed by atoms with Gasteiger partial charge in [0.15, 0.2) is 0 Å². The van der Waals surface area contributed by atoms with Crippen molar-refractivity contribution in [1.82, 2.24) is 0 Å². The molecule has 15 heavy (non-hydrogen) atoms. The van der Waals surface area contributed by atoms with Crippen LogP contribution in [0.15, 0.2) is 18.2 Å². The maximum Gasteiger partial charge on any atom is 0.0606 e. The zero-order chi connectivity index (χ0) is 10.8. The van der Waals surface area contributed by atoms with Crippen LogP contribution in [0.1, 0.15) is 25.8 Å². The van der Waals surface area contributed by atoms with Crippen molar-refractivity contribution in [1.29, 1.82) is 0 Å². The van der Waals surface area contributed by atoms with E-state index in [-0.39, 0.29) is 0 Å². The van der Waals surface area contributed by atoms with E-state index in [1.54, 1.807) is 0 Å². The molecule has 2 rings (SSSR count). The van der Waals surface area contributed by atoms with E-state index in [9.17, 15) is 0 Å². The number of benzene rings is 1. The fourth-order valence-electron chi connectivity index (χ4n) is 2.16. The second kappa shape index (κ2) is 4.13. The fourth-order valence-corrected chi connectivity index (χ4v) is 2.16. The molecule has 0 bridgehead atoms. The molecule has 1 aromatic rings. The molecular weight excluding hydrogens is 184 g/mol. The molecule has 2 heteroatoms. The molecule has 0 spiro atoms. The Morgan fingerprint density at radius 2 is 2.13 bits per heavy atom. The summed E-state index contributed by atoms with van der Waals surface area (Å²) in [5.74, 6) is 0. The van der Waals surface area contributed by atoms with Gasteiger partial charge in [-0.1, -0.05) is 6.07 Å². The molecule has 0 fully saturated rings. The largest absolute Gasteiger partial charge is 0.383 e. The van der Waals surface area contributed by atoms with Gasteiger partial charge in [-0.3, -0.25) is 0 Å². The summed E-state index contributed by atoms with van der Waals surface area (Å²) >= 11 is 0. The second-order valence-electron chi connectivity index (χ2n) is 4.59. The Bertz CT molecular complexity index is 344. The highest BCUT2D eigenvalue weighted by molar-refractivity contribution is 5.72. The van der Waals surface area contributed by atoms with Crippen molar-refractivity contribution < 1.29 is 0 Å². The molecule has 0 amide bonds. The first-order valence-corrected chi connectivity index (χ1v) is 5.79. The maximum atomic E-state index is 3.50. The van der Waals surface area contributed by atoms with Crippen LogP contribution in [0.2, 0.25) is 0 Å². The van der Waals surface area contributed by atoms with Gasteiger partial charge in [0, 0.05) is 19.1 Å². The predicted octanol–water partition coefficient (Wildman–Crippen LogP) is 3.03. The maximum absolute atomic E-state index is 3.50. The lowest BCUT2D eigenvalue weighted by atomic mass is 10.1. The summed E-state index contributed by atoms with van der Waals surface area (Å²) in [6.07, 6.45) is 1.21. The predicted molar refractivity (Wildman–Crippen MR) is 66.8 cm³/mol. The van der Waals surface area contributed by atoms with Gasteiger partial charge in [-0.15, -0.1) is 0 Å². The summed E-state index contributed by atoms with van der Waals surface area (Å²) in [4.78, 5) is 2.49. The monoisotopic (exact) mass is 204 g/mol. The van der Waals surface area contributed by atoms with E-state index in [0.717, 1.165) is 13.1 Å². The zero-order valence-electron chi connectivity index (χ0n) is 9.88. The summed E-state index contributed by atoms with van der Waals surface area (Å²) in [7, 11) is 0. The van der Waals surface area contributed by atoms with Crippen molar-refractivity contribution in [3.8, 4) is 0 Å². The quantitative estimate of drug-likeness (QED) is 0.756. The summed E-state index contributed by atoms with van der Waals surface area (Å²) in [5, 5.41) is 3.50. The van der Waals surface area contributed by atoms with Crippen molar-refractivity contribution in [2.24, 2.45) is 0 Å². The van der Waals surface area contributed by atoms with Gasteiger partial charge < -0.3 is 10.2 Å². The van der Waals surface area contributed by atoms with Crippen LogP contribution in [-0.4, -0.2) is 19.1 Å². The van der Waals surface area contributed by atoms with Crippen LogP contribution in [0, 0.1) is 6.92 Å². The number of hydrogen-bond acceptors (Lipinski definition) is 2. The lowest BCUT2D eigenvalue weighted by Gasteiger charge is -2.28. The summed E-state index contributed by atoms with van der Waals surface area (Å²) in [6, 6.07) is 7.24. The molecule has 0 saturated carbocycles. The zero-order valence-corrected chi connectivity index (χ0v) is 9.88. The molecule has 1 aliphatic rings. The van der Waals surface area contributed by atoms with E-state index >= 15 is 0 Å². The molecule has 0 unspecified atom stereocenters. The number of rotatable bonds is 1. The first-order chi connectivity index (χ1) is 7.18. The van der Waals surface area contributed by atoms with Crippen molar-refractivity contribution in [2.45, 2.75) is 33.2 Å². The molecule has 0 atom stereocenters. The van der Waals surface area contributed by atoms with Crippen molar-refractivity contribution in [3.05, 3.63) is 23.8 Å². The van der Waals surface area contributed by atoms with E-state index in [1.807, 2.05) is 0 Å². The lowest BCUT2D eigenvalue weighted by molar-refractivity contribution is 0.672. The van der Waals surface area contributed by atoms with E-state index in [4.69, 9.17) is 0 Å². The van der Waals surface area contributed by atoms with E-state index in [2.05, 4.69) is 49.2 Å². The number of aryl methyl sites for hydroxylation is 1. The Hall–Kier alpha value is -1.18. The smallest absolute Gasteiger partial charge is 0.0606 e. The van der Waals surface area contributed by atoms with Gasteiger partial charge in [0.05, 0.1) is 11.4 Å². The third kappa shape index (κ3) is 2.09. The van der Waals surface area contributed by atoms with Crippen LogP contribution in [-0.2, 0) is 0 Å². The number of nitrogens with one attached hydrogen (secondary N) is 1. The summed E-state index contributed by atoms with van der Waals surface area (Å²) in [5.41, 5.74) is 3.98. The van der Waals surface area contributed by atoms with E-state index in [0.29, 0.717) is 6.04 Å². The molecule has 82 valence electrons. The Labute approximate surface area is 92.3 Å². The van der Waals surface area contributed by atoms with Crippen LogP contribution >= 0.6 is 0 Å². The van der Waals surface area contributed by atoms with Crippen LogP contribution in [0.25, 0.3) is 0 Å². The average molecular weight is 204 g/mol. The van der Waals surface area contributed by atoms with E-state index in [1.165, 1.54) is 23.4 Å². The molecule has 1 aliphatic heterocycles. The van der Waals surface area contributed by atoms with Crippen LogP contribution in [0.4, 0.5) is 11.4 Å². The third-order valence-corrected chi connectivity index (χ3v) is 2.98. The van der Waals surface area contributed by atoms with Gasteiger partial charge in [0.1, 0.15) is 0 Å². The second-order valence-corrected chi connectivity index (χ2v) is 4.59. The number of fused-ring (bicyclic) bond motifs is 1. The Kier molecular flexibility index (Phi) is 2.85. The first-order valence-electron chi connectivity index (χ1n) is 5.79. The van der Waals surface area contributed by atoms with Gasteiger partial charge in [-0.25, -0.2) is 0 Å². The van der Waals surface area contributed by atoms with Crippen molar-refractivity contribution >= 4 is 11.4 Å². The van der Waals surface area contributed by atoms with Gasteiger partial charge >= 0.3 is 0 Å². The van der Waals surface area contributed by atoms with Gasteiger partial charge in [-0.05, 0) is 44.9 Å². The van der Waals surface area contributed by atoms with Gasteiger partial charge in [0.2, 0.25) is 0 Å². The highest BCUT2D eigenvalue weighted by Gasteiger charge is 2.16. The molecule has 1 aromatic carbocycles. The normalized spacial score (nSPS) is 15.9. The molecule has 1 N–H and O–H groups in total. The Morgan fingerprint density at radius 3 is 2.87 bits per heavy atom. The van der Waals surface area contributed by atoms with Crippen LogP contribution in [0.3, 0.4) is 0 Å². The van der Waals surface area contributed by atoms with Crippen LogP contribution < -0.4 is 10.2 Å². The molecule has 0 saturated heterocycles. The molecule has 0 aliphatic carbocycles. The van der Waals surface area contributed by atoms with Gasteiger partial charge in [0.25, 0.3) is 0 Å². The molecule has 0 aromatic heterocycles. The van der Waals surface area contributed by atoms with Crippen LogP contribution in [0.5, 0.6) is 0 Å². The summed E-state index contributed by atoms with van der Waals surface area (Å²) in [6.45, 7) is 8.92. The topological polar surface area (TPSA) is 15.3 Å². The number of hydrogen-bond donors (Lipinski definition) is 1. The number of anilines is 2. The third-order valence-electron chi connectivity index (χ3n) is 2.98. The minimum Gasteiger partial charge on any atom is -0.383 e. The molecule has 2 nitrogen and oxygen atoms in total. The van der Waals surface area contributed by atoms with Gasteiger partial charge in [-0.2, -0.15) is 0 Å².